The number of nitro groups is 1. The molecule has 11 heteroatoms. The van der Waals surface area contributed by atoms with Gasteiger partial charge in [0.2, 0.25) is 15.9 Å². The minimum Gasteiger partial charge on any atom is -0.352 e. The SMILES string of the molecule is CC(=O)NC(CN1CCN(S(=O)(=O)c2ccccc2[N+](=O)[O-])[C@@H](C)C1)CC(C)(C)C=O. The summed E-state index contributed by atoms with van der Waals surface area (Å²) in [5, 5.41) is 14.2. The summed E-state index contributed by atoms with van der Waals surface area (Å²) in [7, 11) is -4.04. The van der Waals surface area contributed by atoms with Gasteiger partial charge in [-0.1, -0.05) is 26.0 Å². The number of nitrogens with one attached hydrogen (secondary N) is 1. The highest BCUT2D eigenvalue weighted by molar-refractivity contribution is 7.89. The number of para-hydroxylation sites is 1. The van der Waals surface area contributed by atoms with Crippen molar-refractivity contribution < 1.29 is 22.9 Å². The van der Waals surface area contributed by atoms with Crippen LogP contribution in [0.15, 0.2) is 29.2 Å². The molecule has 0 aliphatic carbocycles. The fraction of sp³-hybridized carbons (Fsp3) is 0.600. The maximum Gasteiger partial charge on any atom is 0.289 e. The molecule has 0 bridgehead atoms. The lowest BCUT2D eigenvalue weighted by atomic mass is 9.87. The largest absolute Gasteiger partial charge is 0.352 e. The van der Waals surface area contributed by atoms with Crippen LogP contribution >= 0.6 is 0 Å². The van der Waals surface area contributed by atoms with Gasteiger partial charge in [0.1, 0.15) is 6.29 Å². The van der Waals surface area contributed by atoms with E-state index < -0.39 is 32.1 Å². The van der Waals surface area contributed by atoms with Gasteiger partial charge in [-0.05, 0) is 19.4 Å². The summed E-state index contributed by atoms with van der Waals surface area (Å²) in [5.41, 5.74) is -1.05. The van der Waals surface area contributed by atoms with Gasteiger partial charge < -0.3 is 10.1 Å². The zero-order valence-corrected chi connectivity index (χ0v) is 19.1. The number of hydrogen-bond acceptors (Lipinski definition) is 7. The van der Waals surface area contributed by atoms with E-state index in [0.29, 0.717) is 26.1 Å². The van der Waals surface area contributed by atoms with E-state index in [2.05, 4.69) is 5.32 Å². The van der Waals surface area contributed by atoms with Crippen molar-refractivity contribution in [2.24, 2.45) is 5.41 Å². The smallest absolute Gasteiger partial charge is 0.289 e. The minimum atomic E-state index is -4.04. The van der Waals surface area contributed by atoms with Gasteiger partial charge in [-0.15, -0.1) is 0 Å². The Hall–Kier alpha value is -2.37. The summed E-state index contributed by atoms with van der Waals surface area (Å²) in [6.07, 6.45) is 1.32. The molecule has 1 aromatic carbocycles. The molecule has 172 valence electrons. The van der Waals surface area contributed by atoms with Crippen LogP contribution in [0.4, 0.5) is 5.69 Å². The Morgan fingerprint density at radius 2 is 2.00 bits per heavy atom. The number of piperazine rings is 1. The third-order valence-electron chi connectivity index (χ3n) is 5.28. The van der Waals surface area contributed by atoms with E-state index in [0.717, 1.165) is 6.29 Å². The van der Waals surface area contributed by atoms with Gasteiger partial charge in [0.15, 0.2) is 4.90 Å². The molecule has 1 amide bonds. The number of aldehydes is 1. The number of nitrogens with zero attached hydrogens (tertiary/aromatic N) is 3. The van der Waals surface area contributed by atoms with E-state index in [4.69, 9.17) is 0 Å². The molecular formula is C20H30N4O6S. The second-order valence-electron chi connectivity index (χ2n) is 8.66. The van der Waals surface area contributed by atoms with Gasteiger partial charge >= 0.3 is 0 Å². The zero-order valence-electron chi connectivity index (χ0n) is 18.3. The van der Waals surface area contributed by atoms with Crippen LogP contribution in [0.3, 0.4) is 0 Å². The second-order valence-corrected chi connectivity index (χ2v) is 10.5. The number of hydrogen-bond donors (Lipinski definition) is 1. The first-order chi connectivity index (χ1) is 14.4. The Balaban J connectivity index is 2.15. The number of amides is 1. The molecule has 0 saturated carbocycles. The highest BCUT2D eigenvalue weighted by Gasteiger charge is 2.38. The van der Waals surface area contributed by atoms with Gasteiger partial charge in [0.05, 0.1) is 4.92 Å². The van der Waals surface area contributed by atoms with E-state index in [-0.39, 0.29) is 23.4 Å². The summed E-state index contributed by atoms with van der Waals surface area (Å²) in [6, 6.07) is 4.65. The van der Waals surface area contributed by atoms with Crippen molar-refractivity contribution in [1.29, 1.82) is 0 Å². The standard InChI is InChI=1S/C20H30N4O6S/c1-15-12-22(13-17(21-16(2)26)11-20(3,4)14-25)9-10-23(15)31(29,30)19-8-6-5-7-18(19)24(27)28/h5-8,14-15,17H,9-13H2,1-4H3,(H,21,26)/t15-,17?/m0/s1. The van der Waals surface area contributed by atoms with Gasteiger partial charge in [0, 0.05) is 56.7 Å². The van der Waals surface area contributed by atoms with Crippen LogP contribution in [-0.4, -0.2) is 73.0 Å². The lowest BCUT2D eigenvalue weighted by Gasteiger charge is -2.40. The normalized spacial score (nSPS) is 19.5. The lowest BCUT2D eigenvalue weighted by molar-refractivity contribution is -0.387. The lowest BCUT2D eigenvalue weighted by Crippen LogP contribution is -2.56. The minimum absolute atomic E-state index is 0.166. The van der Waals surface area contributed by atoms with Gasteiger partial charge in [-0.2, -0.15) is 4.31 Å². The van der Waals surface area contributed by atoms with Crippen molar-refractivity contribution >= 4 is 27.9 Å². The number of nitro benzene ring substituents is 1. The molecule has 2 rings (SSSR count). The van der Waals surface area contributed by atoms with E-state index in [1.807, 2.05) is 4.90 Å². The summed E-state index contributed by atoms with van der Waals surface area (Å²) in [5.74, 6) is -0.197. The molecule has 1 saturated heterocycles. The van der Waals surface area contributed by atoms with E-state index in [9.17, 15) is 28.1 Å². The monoisotopic (exact) mass is 454 g/mol. The topological polar surface area (TPSA) is 130 Å². The van der Waals surface area contributed by atoms with Gasteiger partial charge in [0.25, 0.3) is 5.69 Å². The first-order valence-electron chi connectivity index (χ1n) is 10.1. The van der Waals surface area contributed by atoms with E-state index in [1.54, 1.807) is 20.8 Å². The highest BCUT2D eigenvalue weighted by atomic mass is 32.2. The number of carbonyl (C=O) groups is 2. The molecule has 0 aromatic heterocycles. The van der Waals surface area contributed by atoms with Crippen LogP contribution in [0.5, 0.6) is 0 Å². The Morgan fingerprint density at radius 1 is 1.35 bits per heavy atom. The fourth-order valence-corrected chi connectivity index (χ4v) is 5.71. The molecule has 1 unspecified atom stereocenters. The first kappa shape index (κ1) is 24.9. The zero-order chi connectivity index (χ0) is 23.4. The molecule has 0 spiro atoms. The Labute approximate surface area is 182 Å². The van der Waals surface area contributed by atoms with Gasteiger partial charge in [-0.25, -0.2) is 8.42 Å². The van der Waals surface area contributed by atoms with Crippen molar-refractivity contribution in [2.75, 3.05) is 26.2 Å². The van der Waals surface area contributed by atoms with Crippen LogP contribution < -0.4 is 5.32 Å². The molecule has 31 heavy (non-hydrogen) atoms. The van der Waals surface area contributed by atoms with Crippen LogP contribution in [0.1, 0.15) is 34.1 Å². The molecule has 10 nitrogen and oxygen atoms in total. The van der Waals surface area contributed by atoms with E-state index >= 15 is 0 Å². The predicted octanol–water partition coefficient (Wildman–Crippen LogP) is 1.41. The van der Waals surface area contributed by atoms with E-state index in [1.165, 1.54) is 35.5 Å². The van der Waals surface area contributed by atoms with Gasteiger partial charge in [-0.3, -0.25) is 19.8 Å². The molecule has 0 radical (unpaired) electrons. The van der Waals surface area contributed by atoms with Crippen LogP contribution in [-0.2, 0) is 19.6 Å². The van der Waals surface area contributed by atoms with Crippen LogP contribution in [0, 0.1) is 15.5 Å². The molecule has 2 atom stereocenters. The molecule has 1 heterocycles. The highest BCUT2D eigenvalue weighted by Crippen LogP contribution is 2.29. The number of rotatable bonds is 9. The average molecular weight is 455 g/mol. The Morgan fingerprint density at radius 3 is 2.55 bits per heavy atom. The maximum absolute atomic E-state index is 13.1. The van der Waals surface area contributed by atoms with Crippen molar-refractivity contribution in [3.63, 3.8) is 0 Å². The molecule has 1 aromatic rings. The summed E-state index contributed by atoms with van der Waals surface area (Å²) >= 11 is 0. The molecule has 1 aliphatic heterocycles. The molecule has 1 aliphatic rings. The maximum atomic E-state index is 13.1. The first-order valence-corrected chi connectivity index (χ1v) is 11.5. The molecule has 1 fully saturated rings. The average Bonchev–Trinajstić information content (AvgIpc) is 2.67. The summed E-state index contributed by atoms with van der Waals surface area (Å²) in [4.78, 5) is 35.2. The number of sulfonamides is 1. The summed E-state index contributed by atoms with van der Waals surface area (Å²) in [6.45, 7) is 8.21. The fourth-order valence-electron chi connectivity index (χ4n) is 3.94. The van der Waals surface area contributed by atoms with Crippen molar-refractivity contribution in [3.05, 3.63) is 34.4 Å². The van der Waals surface area contributed by atoms with Crippen LogP contribution in [0.2, 0.25) is 0 Å². The third kappa shape index (κ3) is 6.31. The third-order valence-corrected chi connectivity index (χ3v) is 7.34. The second kappa shape index (κ2) is 9.84. The Kier molecular flexibility index (Phi) is 7.90. The van der Waals surface area contributed by atoms with Crippen molar-refractivity contribution in [3.8, 4) is 0 Å². The number of carbonyl (C=O) groups excluding carboxylic acids is 2. The molecule has 1 N–H and O–H groups in total. The van der Waals surface area contributed by atoms with Crippen molar-refractivity contribution in [1.82, 2.24) is 14.5 Å². The molecular weight excluding hydrogens is 424 g/mol. The predicted molar refractivity (Wildman–Crippen MR) is 115 cm³/mol. The van der Waals surface area contributed by atoms with Crippen molar-refractivity contribution in [2.45, 2.75) is 51.1 Å². The Bertz CT molecular complexity index is 933. The quantitative estimate of drug-likeness (QED) is 0.339. The summed E-state index contributed by atoms with van der Waals surface area (Å²) < 4.78 is 27.5. The number of benzene rings is 1. The van der Waals surface area contributed by atoms with Crippen LogP contribution in [0.25, 0.3) is 0 Å².